The van der Waals surface area contributed by atoms with Gasteiger partial charge in [0.2, 0.25) is 5.91 Å². The Labute approximate surface area is 144 Å². The van der Waals surface area contributed by atoms with Gasteiger partial charge in [0.25, 0.3) is 5.91 Å². The van der Waals surface area contributed by atoms with E-state index in [1.54, 1.807) is 11.0 Å². The summed E-state index contributed by atoms with van der Waals surface area (Å²) < 4.78 is 26.3. The van der Waals surface area contributed by atoms with Crippen LogP contribution in [0.4, 0.5) is 14.5 Å². The Balaban J connectivity index is 1.81. The van der Waals surface area contributed by atoms with Crippen LogP contribution in [0.5, 0.6) is 0 Å². The van der Waals surface area contributed by atoms with E-state index in [0.717, 1.165) is 25.2 Å². The Hall–Kier alpha value is -2.95. The van der Waals surface area contributed by atoms with Crippen LogP contribution in [-0.2, 0) is 9.59 Å². The van der Waals surface area contributed by atoms with Crippen molar-refractivity contribution in [2.45, 2.75) is 19.3 Å². The number of carbonyl (C=O) groups excluding carboxylic acids is 2. The van der Waals surface area contributed by atoms with Crippen LogP contribution < -0.4 is 10.6 Å². The van der Waals surface area contributed by atoms with E-state index in [-0.39, 0.29) is 17.2 Å². The zero-order valence-corrected chi connectivity index (χ0v) is 13.5. The van der Waals surface area contributed by atoms with Crippen LogP contribution in [0.15, 0.2) is 30.0 Å². The number of nitrogens with zero attached hydrogens (tertiary/aromatic N) is 2. The van der Waals surface area contributed by atoms with Crippen molar-refractivity contribution < 1.29 is 18.4 Å². The minimum atomic E-state index is -0.829. The molecule has 1 aromatic carbocycles. The molecule has 2 amide bonds. The van der Waals surface area contributed by atoms with Gasteiger partial charge in [-0.05, 0) is 25.0 Å². The van der Waals surface area contributed by atoms with Gasteiger partial charge in [-0.1, -0.05) is 0 Å². The molecule has 0 aliphatic carbocycles. The second-order valence-corrected chi connectivity index (χ2v) is 5.53. The van der Waals surface area contributed by atoms with Crippen LogP contribution in [0.3, 0.4) is 0 Å². The van der Waals surface area contributed by atoms with Gasteiger partial charge in [-0.2, -0.15) is 5.26 Å². The van der Waals surface area contributed by atoms with E-state index in [4.69, 9.17) is 5.26 Å². The van der Waals surface area contributed by atoms with E-state index in [1.165, 1.54) is 6.07 Å². The molecule has 1 aromatic rings. The lowest BCUT2D eigenvalue weighted by molar-refractivity contribution is -0.127. The topological polar surface area (TPSA) is 85.2 Å². The lowest BCUT2D eigenvalue weighted by Gasteiger charge is -2.15. The highest BCUT2D eigenvalue weighted by atomic mass is 19.1. The summed E-state index contributed by atoms with van der Waals surface area (Å²) in [6.45, 7) is 1.61. The highest BCUT2D eigenvalue weighted by Gasteiger charge is 2.19. The molecular formula is C17H18F2N4O2. The van der Waals surface area contributed by atoms with Crippen LogP contribution in [0, 0.1) is 23.0 Å². The van der Waals surface area contributed by atoms with Crippen molar-refractivity contribution in [2.24, 2.45) is 0 Å². The molecule has 1 saturated heterocycles. The third-order valence-corrected chi connectivity index (χ3v) is 3.73. The van der Waals surface area contributed by atoms with E-state index >= 15 is 0 Å². The van der Waals surface area contributed by atoms with E-state index in [1.807, 2.05) is 0 Å². The van der Waals surface area contributed by atoms with Crippen molar-refractivity contribution >= 4 is 17.5 Å². The fourth-order valence-corrected chi connectivity index (χ4v) is 2.41. The van der Waals surface area contributed by atoms with Crippen molar-refractivity contribution in [1.82, 2.24) is 10.2 Å². The molecule has 0 spiro atoms. The molecule has 0 bridgehead atoms. The smallest absolute Gasteiger partial charge is 0.263 e. The minimum absolute atomic E-state index is 0.0468. The Kier molecular flexibility index (Phi) is 6.46. The first kappa shape index (κ1) is 18.4. The SMILES string of the molecule is N#C/C(=C/Nc1ccc(F)cc1F)C(=O)NCCCN1CCCC1=O. The Bertz CT molecular complexity index is 728. The van der Waals surface area contributed by atoms with Crippen LogP contribution in [0.25, 0.3) is 0 Å². The van der Waals surface area contributed by atoms with Gasteiger partial charge in [0, 0.05) is 38.3 Å². The summed E-state index contributed by atoms with van der Waals surface area (Å²) in [6.07, 6.45) is 3.07. The molecule has 0 atom stereocenters. The van der Waals surface area contributed by atoms with Crippen molar-refractivity contribution in [2.75, 3.05) is 25.0 Å². The Morgan fingerprint density at radius 3 is 2.84 bits per heavy atom. The van der Waals surface area contributed by atoms with Crippen LogP contribution in [0.1, 0.15) is 19.3 Å². The van der Waals surface area contributed by atoms with Crippen molar-refractivity contribution in [3.05, 3.63) is 41.6 Å². The van der Waals surface area contributed by atoms with Gasteiger partial charge in [0.05, 0.1) is 5.69 Å². The number of rotatable bonds is 7. The largest absolute Gasteiger partial charge is 0.358 e. The third kappa shape index (κ3) is 5.28. The van der Waals surface area contributed by atoms with Crippen molar-refractivity contribution in [3.63, 3.8) is 0 Å². The maximum Gasteiger partial charge on any atom is 0.263 e. The molecule has 1 heterocycles. The highest BCUT2D eigenvalue weighted by molar-refractivity contribution is 5.97. The fraction of sp³-hybridized carbons (Fsp3) is 0.353. The molecular weight excluding hydrogens is 330 g/mol. The number of likely N-dealkylation sites (tertiary alicyclic amines) is 1. The van der Waals surface area contributed by atoms with E-state index in [9.17, 15) is 18.4 Å². The number of benzene rings is 1. The fourth-order valence-electron chi connectivity index (χ4n) is 2.41. The second kappa shape index (κ2) is 8.78. The molecule has 2 rings (SSSR count). The number of carbonyl (C=O) groups is 2. The van der Waals surface area contributed by atoms with Gasteiger partial charge in [0.15, 0.2) is 0 Å². The molecule has 0 unspecified atom stereocenters. The zero-order chi connectivity index (χ0) is 18.2. The predicted octanol–water partition coefficient (Wildman–Crippen LogP) is 1.91. The number of halogens is 2. The predicted molar refractivity (Wildman–Crippen MR) is 87.1 cm³/mol. The van der Waals surface area contributed by atoms with Crippen molar-refractivity contribution in [3.8, 4) is 6.07 Å². The minimum Gasteiger partial charge on any atom is -0.358 e. The maximum atomic E-state index is 13.5. The van der Waals surface area contributed by atoms with E-state index in [2.05, 4.69) is 10.6 Å². The van der Waals surface area contributed by atoms with Gasteiger partial charge >= 0.3 is 0 Å². The molecule has 1 aliphatic rings. The molecule has 1 fully saturated rings. The Morgan fingerprint density at radius 1 is 1.40 bits per heavy atom. The molecule has 6 nitrogen and oxygen atoms in total. The first-order valence-corrected chi connectivity index (χ1v) is 7.89. The van der Waals surface area contributed by atoms with Crippen LogP contribution in [0.2, 0.25) is 0 Å². The molecule has 8 heteroatoms. The number of anilines is 1. The van der Waals surface area contributed by atoms with Crippen LogP contribution >= 0.6 is 0 Å². The summed E-state index contributed by atoms with van der Waals surface area (Å²) in [5, 5.41) is 14.1. The monoisotopic (exact) mass is 348 g/mol. The summed E-state index contributed by atoms with van der Waals surface area (Å²) in [4.78, 5) is 25.1. The molecule has 25 heavy (non-hydrogen) atoms. The van der Waals surface area contributed by atoms with Gasteiger partial charge in [0.1, 0.15) is 23.3 Å². The summed E-state index contributed by atoms with van der Waals surface area (Å²) in [5.74, 6) is -2.04. The number of nitrogens with one attached hydrogen (secondary N) is 2. The van der Waals surface area contributed by atoms with Gasteiger partial charge < -0.3 is 15.5 Å². The number of nitriles is 1. The lowest BCUT2D eigenvalue weighted by Crippen LogP contribution is -2.31. The van der Waals surface area contributed by atoms with Crippen LogP contribution in [-0.4, -0.2) is 36.3 Å². The van der Waals surface area contributed by atoms with E-state index in [0.29, 0.717) is 32.0 Å². The summed E-state index contributed by atoms with van der Waals surface area (Å²) in [7, 11) is 0. The lowest BCUT2D eigenvalue weighted by atomic mass is 10.2. The summed E-state index contributed by atoms with van der Waals surface area (Å²) >= 11 is 0. The van der Waals surface area contributed by atoms with E-state index < -0.39 is 17.5 Å². The first-order valence-electron chi connectivity index (χ1n) is 7.89. The quantitative estimate of drug-likeness (QED) is 0.448. The second-order valence-electron chi connectivity index (χ2n) is 5.53. The molecule has 0 aromatic heterocycles. The average Bonchev–Trinajstić information content (AvgIpc) is 2.99. The number of hydrogen-bond donors (Lipinski definition) is 2. The van der Waals surface area contributed by atoms with Crippen molar-refractivity contribution in [1.29, 1.82) is 5.26 Å². The normalized spacial score (nSPS) is 14.4. The maximum absolute atomic E-state index is 13.5. The zero-order valence-electron chi connectivity index (χ0n) is 13.5. The molecule has 1 aliphatic heterocycles. The molecule has 132 valence electrons. The molecule has 0 radical (unpaired) electrons. The Morgan fingerprint density at radius 2 is 2.20 bits per heavy atom. The first-order chi connectivity index (χ1) is 12.0. The standard InChI is InChI=1S/C17H18F2N4O2/c18-13-4-5-15(14(19)9-13)22-11-12(10-20)17(25)21-6-2-8-23-7-1-3-16(23)24/h4-5,9,11,22H,1-3,6-8H2,(H,21,25)/b12-11-. The van der Waals surface area contributed by atoms with Gasteiger partial charge in [-0.3, -0.25) is 9.59 Å². The number of amides is 2. The molecule has 2 N–H and O–H groups in total. The van der Waals surface area contributed by atoms with Gasteiger partial charge in [-0.25, -0.2) is 8.78 Å². The van der Waals surface area contributed by atoms with Gasteiger partial charge in [-0.15, -0.1) is 0 Å². The summed E-state index contributed by atoms with van der Waals surface area (Å²) in [6, 6.07) is 4.64. The average molecular weight is 348 g/mol. The number of hydrogen-bond acceptors (Lipinski definition) is 4. The third-order valence-electron chi connectivity index (χ3n) is 3.73. The molecule has 0 saturated carbocycles. The summed E-state index contributed by atoms with van der Waals surface area (Å²) in [5.41, 5.74) is -0.282. The highest BCUT2D eigenvalue weighted by Crippen LogP contribution is 2.15.